The molecule has 0 spiro atoms. The zero-order valence-electron chi connectivity index (χ0n) is 7.39. The summed E-state index contributed by atoms with van der Waals surface area (Å²) in [7, 11) is 0. The molecule has 1 aliphatic rings. The van der Waals surface area contributed by atoms with Crippen molar-refractivity contribution in [1.29, 1.82) is 0 Å². The van der Waals surface area contributed by atoms with Gasteiger partial charge in [0.2, 0.25) is 0 Å². The average Bonchev–Trinajstić information content (AvgIpc) is 2.56. The normalized spacial score (nSPS) is 22.1. The Morgan fingerprint density at radius 2 is 2.31 bits per heavy atom. The van der Waals surface area contributed by atoms with Crippen LogP contribution in [-0.4, -0.2) is 6.54 Å². The second kappa shape index (κ2) is 3.56. The minimum atomic E-state index is 0.428. The van der Waals surface area contributed by atoms with Gasteiger partial charge in [-0.25, -0.2) is 0 Å². The van der Waals surface area contributed by atoms with E-state index in [1.165, 1.54) is 18.4 Å². The molecule has 1 aromatic carbocycles. The van der Waals surface area contributed by atoms with Gasteiger partial charge in [-0.15, -0.1) is 0 Å². The molecule has 1 atom stereocenters. The molecule has 2 rings (SSSR count). The van der Waals surface area contributed by atoms with E-state index in [9.17, 15) is 0 Å². The molecule has 0 aromatic heterocycles. The summed E-state index contributed by atoms with van der Waals surface area (Å²) in [6.07, 6.45) is 2.40. The van der Waals surface area contributed by atoms with Crippen molar-refractivity contribution >= 4 is 17.3 Å². The van der Waals surface area contributed by atoms with Crippen LogP contribution in [0.25, 0.3) is 0 Å². The van der Waals surface area contributed by atoms with Crippen molar-refractivity contribution in [2.75, 3.05) is 12.3 Å². The number of benzene rings is 1. The van der Waals surface area contributed by atoms with Gasteiger partial charge in [0.15, 0.2) is 0 Å². The number of hydrogen-bond donors (Lipinski definition) is 2. The van der Waals surface area contributed by atoms with Crippen molar-refractivity contribution < 1.29 is 0 Å². The summed E-state index contributed by atoms with van der Waals surface area (Å²) in [5, 5.41) is 4.12. The summed E-state index contributed by atoms with van der Waals surface area (Å²) in [5.41, 5.74) is 7.86. The highest BCUT2D eigenvalue weighted by Crippen LogP contribution is 2.29. The lowest BCUT2D eigenvalue weighted by molar-refractivity contribution is 0.650. The Morgan fingerprint density at radius 3 is 2.92 bits per heavy atom. The molecule has 0 aliphatic carbocycles. The summed E-state index contributed by atoms with van der Waals surface area (Å²) in [6.45, 7) is 1.09. The van der Waals surface area contributed by atoms with E-state index in [1.807, 2.05) is 18.2 Å². The molecule has 0 saturated carbocycles. The van der Waals surface area contributed by atoms with E-state index in [4.69, 9.17) is 17.3 Å². The zero-order chi connectivity index (χ0) is 9.26. The smallest absolute Gasteiger partial charge is 0.0426 e. The highest BCUT2D eigenvalue weighted by Gasteiger charge is 2.17. The second-order valence-corrected chi connectivity index (χ2v) is 3.86. The van der Waals surface area contributed by atoms with Crippen molar-refractivity contribution in [3.8, 4) is 0 Å². The predicted molar refractivity (Wildman–Crippen MR) is 55.8 cm³/mol. The maximum Gasteiger partial charge on any atom is 0.0426 e. The molecule has 0 amide bonds. The Bertz CT molecular complexity index is 306. The third-order valence-electron chi connectivity index (χ3n) is 2.48. The van der Waals surface area contributed by atoms with Gasteiger partial charge in [0, 0.05) is 16.8 Å². The molecule has 70 valence electrons. The minimum Gasteiger partial charge on any atom is -0.398 e. The third kappa shape index (κ3) is 1.79. The van der Waals surface area contributed by atoms with Gasteiger partial charge in [0.05, 0.1) is 0 Å². The molecule has 0 bridgehead atoms. The molecule has 3 heteroatoms. The highest BCUT2D eigenvalue weighted by molar-refractivity contribution is 6.30. The van der Waals surface area contributed by atoms with E-state index in [2.05, 4.69) is 5.32 Å². The fourth-order valence-electron chi connectivity index (χ4n) is 1.81. The van der Waals surface area contributed by atoms with E-state index >= 15 is 0 Å². The van der Waals surface area contributed by atoms with Crippen molar-refractivity contribution in [3.05, 3.63) is 28.8 Å². The van der Waals surface area contributed by atoms with Gasteiger partial charge >= 0.3 is 0 Å². The number of nitrogen functional groups attached to an aromatic ring is 1. The molecule has 1 saturated heterocycles. The first-order valence-electron chi connectivity index (χ1n) is 4.55. The maximum atomic E-state index is 5.88. The first-order valence-corrected chi connectivity index (χ1v) is 4.93. The van der Waals surface area contributed by atoms with Gasteiger partial charge in [-0.05, 0) is 37.1 Å². The molecule has 1 aliphatic heterocycles. The largest absolute Gasteiger partial charge is 0.398 e. The van der Waals surface area contributed by atoms with Gasteiger partial charge < -0.3 is 11.1 Å². The van der Waals surface area contributed by atoms with Crippen LogP contribution in [0, 0.1) is 0 Å². The highest BCUT2D eigenvalue weighted by atomic mass is 35.5. The fraction of sp³-hybridized carbons (Fsp3) is 0.400. The summed E-state index contributed by atoms with van der Waals surface area (Å²) in [5.74, 6) is 0. The number of nitrogens with one attached hydrogen (secondary N) is 1. The molecule has 2 nitrogen and oxygen atoms in total. The topological polar surface area (TPSA) is 38.0 Å². The molecule has 0 radical (unpaired) electrons. The van der Waals surface area contributed by atoms with E-state index in [0.717, 1.165) is 12.2 Å². The summed E-state index contributed by atoms with van der Waals surface area (Å²) in [4.78, 5) is 0. The lowest BCUT2D eigenvalue weighted by atomic mass is 10.0. The number of halogens is 1. The molecular weight excluding hydrogens is 184 g/mol. The molecule has 1 unspecified atom stereocenters. The van der Waals surface area contributed by atoms with Crippen molar-refractivity contribution in [3.63, 3.8) is 0 Å². The van der Waals surface area contributed by atoms with Crippen LogP contribution in [-0.2, 0) is 0 Å². The van der Waals surface area contributed by atoms with Crippen molar-refractivity contribution in [1.82, 2.24) is 5.32 Å². The van der Waals surface area contributed by atoms with Crippen LogP contribution in [0.15, 0.2) is 18.2 Å². The standard InChI is InChI=1S/C10H13ClN2/c11-7-3-4-8(9(12)6-7)10-2-1-5-13-10/h3-4,6,10,13H,1-2,5,12H2. The maximum absolute atomic E-state index is 5.88. The van der Waals surface area contributed by atoms with E-state index in [-0.39, 0.29) is 0 Å². The first kappa shape index (κ1) is 8.85. The first-order chi connectivity index (χ1) is 6.27. The minimum absolute atomic E-state index is 0.428. The molecule has 1 fully saturated rings. The van der Waals surface area contributed by atoms with Crippen LogP contribution < -0.4 is 11.1 Å². The lowest BCUT2D eigenvalue weighted by Crippen LogP contribution is -2.14. The van der Waals surface area contributed by atoms with Crippen LogP contribution in [0.4, 0.5) is 5.69 Å². The second-order valence-electron chi connectivity index (χ2n) is 3.42. The monoisotopic (exact) mass is 196 g/mol. The Labute approximate surface area is 83.1 Å². The molecular formula is C10H13ClN2. The molecule has 13 heavy (non-hydrogen) atoms. The summed E-state index contributed by atoms with van der Waals surface area (Å²) >= 11 is 5.82. The zero-order valence-corrected chi connectivity index (χ0v) is 8.14. The number of hydrogen-bond acceptors (Lipinski definition) is 2. The van der Waals surface area contributed by atoms with Gasteiger partial charge in [0.1, 0.15) is 0 Å². The van der Waals surface area contributed by atoms with E-state index < -0.39 is 0 Å². The quantitative estimate of drug-likeness (QED) is 0.677. The predicted octanol–water partition coefficient (Wildman–Crippen LogP) is 2.35. The van der Waals surface area contributed by atoms with Crippen LogP contribution in [0.2, 0.25) is 5.02 Å². The van der Waals surface area contributed by atoms with Crippen molar-refractivity contribution in [2.45, 2.75) is 18.9 Å². The number of nitrogens with two attached hydrogens (primary N) is 1. The Hall–Kier alpha value is -0.730. The van der Waals surface area contributed by atoms with Crippen molar-refractivity contribution in [2.24, 2.45) is 0 Å². The van der Waals surface area contributed by atoms with Crippen LogP contribution in [0.1, 0.15) is 24.4 Å². The molecule has 1 aromatic rings. The summed E-state index contributed by atoms with van der Waals surface area (Å²) in [6, 6.07) is 6.15. The average molecular weight is 197 g/mol. The Morgan fingerprint density at radius 1 is 1.46 bits per heavy atom. The molecule has 1 heterocycles. The van der Waals surface area contributed by atoms with E-state index in [1.54, 1.807) is 0 Å². The lowest BCUT2D eigenvalue weighted by Gasteiger charge is -2.13. The number of rotatable bonds is 1. The van der Waals surface area contributed by atoms with Crippen LogP contribution >= 0.6 is 11.6 Å². The van der Waals surface area contributed by atoms with E-state index in [0.29, 0.717) is 11.1 Å². The Balaban J connectivity index is 2.29. The Kier molecular flexibility index (Phi) is 2.42. The molecule has 3 N–H and O–H groups in total. The SMILES string of the molecule is Nc1cc(Cl)ccc1C1CCCN1. The van der Waals surface area contributed by atoms with Gasteiger partial charge in [0.25, 0.3) is 0 Å². The summed E-state index contributed by atoms with van der Waals surface area (Å²) < 4.78 is 0. The fourth-order valence-corrected chi connectivity index (χ4v) is 1.99. The third-order valence-corrected chi connectivity index (χ3v) is 2.72. The number of anilines is 1. The van der Waals surface area contributed by atoms with Gasteiger partial charge in [-0.1, -0.05) is 17.7 Å². The van der Waals surface area contributed by atoms with Crippen LogP contribution in [0.3, 0.4) is 0 Å². The van der Waals surface area contributed by atoms with Crippen LogP contribution in [0.5, 0.6) is 0 Å². The van der Waals surface area contributed by atoms with Gasteiger partial charge in [-0.3, -0.25) is 0 Å². The van der Waals surface area contributed by atoms with Gasteiger partial charge in [-0.2, -0.15) is 0 Å².